The number of ether oxygens (including phenoxy) is 3. The van der Waals surface area contributed by atoms with Gasteiger partial charge in [0.25, 0.3) is 5.91 Å². The predicted octanol–water partition coefficient (Wildman–Crippen LogP) is 4.70. The van der Waals surface area contributed by atoms with Crippen molar-refractivity contribution in [3.63, 3.8) is 0 Å². The summed E-state index contributed by atoms with van der Waals surface area (Å²) in [6.45, 7) is 1.98. The van der Waals surface area contributed by atoms with E-state index < -0.39 is 5.97 Å². The highest BCUT2D eigenvalue weighted by Gasteiger charge is 2.17. The quantitative estimate of drug-likeness (QED) is 0.376. The minimum atomic E-state index is -0.601. The number of para-hydroxylation sites is 1. The Morgan fingerprint density at radius 2 is 1.63 bits per heavy atom. The number of amides is 1. The van der Waals surface area contributed by atoms with Gasteiger partial charge in [-0.15, -0.1) is 0 Å². The number of aryl methyl sites for hydroxylation is 1. The summed E-state index contributed by atoms with van der Waals surface area (Å²) in [4.78, 5) is 30.0. The summed E-state index contributed by atoms with van der Waals surface area (Å²) in [6, 6.07) is 22.2. The third kappa shape index (κ3) is 5.58. The summed E-state index contributed by atoms with van der Waals surface area (Å²) in [5.74, 6) is 0.163. The van der Waals surface area contributed by atoms with Gasteiger partial charge < -0.3 is 19.5 Å². The molecular weight excluding hydrogens is 444 g/mol. The lowest BCUT2D eigenvalue weighted by atomic mass is 10.0. The zero-order chi connectivity index (χ0) is 24.8. The summed E-state index contributed by atoms with van der Waals surface area (Å²) >= 11 is 0. The fourth-order valence-corrected chi connectivity index (χ4v) is 3.65. The first kappa shape index (κ1) is 23.8. The standard InChI is InChI=1S/C28H26N2O5/c1-18-8-10-19(11-9-18)16-29-27(31)17-35-28(32)22-15-24(30-23-7-5-4-6-21(22)23)20-12-13-25(33-2)26(14-20)34-3/h4-15H,16-17H2,1-3H3,(H,29,31). The van der Waals surface area contributed by atoms with E-state index in [2.05, 4.69) is 5.32 Å². The first-order valence-corrected chi connectivity index (χ1v) is 11.1. The van der Waals surface area contributed by atoms with Gasteiger partial charge in [-0.05, 0) is 42.8 Å². The van der Waals surface area contributed by atoms with Crippen LogP contribution < -0.4 is 14.8 Å². The number of hydrogen-bond donors (Lipinski definition) is 1. The van der Waals surface area contributed by atoms with Crippen molar-refractivity contribution in [3.8, 4) is 22.8 Å². The van der Waals surface area contributed by atoms with Crippen LogP contribution in [0.4, 0.5) is 0 Å². The molecule has 0 atom stereocenters. The average Bonchev–Trinajstić information content (AvgIpc) is 2.90. The molecule has 1 N–H and O–H groups in total. The van der Waals surface area contributed by atoms with E-state index in [1.54, 1.807) is 38.5 Å². The summed E-state index contributed by atoms with van der Waals surface area (Å²) in [6.07, 6.45) is 0. The van der Waals surface area contributed by atoms with E-state index in [1.807, 2.05) is 55.5 Å². The third-order valence-electron chi connectivity index (χ3n) is 5.56. The van der Waals surface area contributed by atoms with E-state index in [4.69, 9.17) is 19.2 Å². The Kier molecular flexibility index (Phi) is 7.26. The first-order chi connectivity index (χ1) is 17.0. The molecule has 1 heterocycles. The number of fused-ring (bicyclic) bond motifs is 1. The fraction of sp³-hybridized carbons (Fsp3) is 0.179. The van der Waals surface area contributed by atoms with Gasteiger partial charge >= 0.3 is 5.97 Å². The van der Waals surface area contributed by atoms with Gasteiger partial charge in [-0.1, -0.05) is 48.0 Å². The monoisotopic (exact) mass is 470 g/mol. The Balaban J connectivity index is 1.53. The zero-order valence-corrected chi connectivity index (χ0v) is 19.8. The van der Waals surface area contributed by atoms with Crippen LogP contribution in [-0.2, 0) is 16.1 Å². The average molecular weight is 471 g/mol. The molecule has 0 bridgehead atoms. The van der Waals surface area contributed by atoms with Crippen LogP contribution in [0.25, 0.3) is 22.2 Å². The SMILES string of the molecule is COc1ccc(-c2cc(C(=O)OCC(=O)NCc3ccc(C)cc3)c3ccccc3n2)cc1OC. The van der Waals surface area contributed by atoms with Crippen molar-refractivity contribution in [2.45, 2.75) is 13.5 Å². The van der Waals surface area contributed by atoms with E-state index >= 15 is 0 Å². The van der Waals surface area contributed by atoms with Gasteiger partial charge in [0, 0.05) is 17.5 Å². The zero-order valence-electron chi connectivity index (χ0n) is 19.8. The summed E-state index contributed by atoms with van der Waals surface area (Å²) < 4.78 is 16.1. The molecule has 35 heavy (non-hydrogen) atoms. The van der Waals surface area contributed by atoms with E-state index in [0.29, 0.717) is 40.2 Å². The van der Waals surface area contributed by atoms with Crippen molar-refractivity contribution in [3.05, 3.63) is 89.5 Å². The van der Waals surface area contributed by atoms with Crippen LogP contribution in [0.2, 0.25) is 0 Å². The second-order valence-corrected chi connectivity index (χ2v) is 7.98. The Morgan fingerprint density at radius 3 is 2.37 bits per heavy atom. The molecule has 1 amide bonds. The van der Waals surface area contributed by atoms with Crippen LogP contribution in [-0.4, -0.2) is 37.7 Å². The molecule has 0 aliphatic carbocycles. The van der Waals surface area contributed by atoms with Gasteiger partial charge in [-0.25, -0.2) is 9.78 Å². The van der Waals surface area contributed by atoms with Crippen LogP contribution in [0.15, 0.2) is 72.8 Å². The summed E-state index contributed by atoms with van der Waals surface area (Å²) in [7, 11) is 3.12. The van der Waals surface area contributed by atoms with Crippen LogP contribution in [0, 0.1) is 6.92 Å². The number of aromatic nitrogens is 1. The molecule has 0 saturated carbocycles. The Bertz CT molecular complexity index is 1370. The van der Waals surface area contributed by atoms with Crippen LogP contribution >= 0.6 is 0 Å². The van der Waals surface area contributed by atoms with Gasteiger partial charge in [-0.3, -0.25) is 4.79 Å². The molecule has 3 aromatic carbocycles. The number of carbonyl (C=O) groups excluding carboxylic acids is 2. The van der Waals surface area contributed by atoms with Crippen LogP contribution in [0.3, 0.4) is 0 Å². The smallest absolute Gasteiger partial charge is 0.339 e. The lowest BCUT2D eigenvalue weighted by Crippen LogP contribution is -2.28. The number of nitrogens with zero attached hydrogens (tertiary/aromatic N) is 1. The maximum absolute atomic E-state index is 13.0. The van der Waals surface area contributed by atoms with Gasteiger partial charge in [0.2, 0.25) is 0 Å². The van der Waals surface area contributed by atoms with Crippen LogP contribution in [0.1, 0.15) is 21.5 Å². The number of carbonyl (C=O) groups is 2. The number of esters is 1. The number of rotatable bonds is 8. The molecule has 1 aromatic heterocycles. The molecule has 0 aliphatic rings. The second-order valence-electron chi connectivity index (χ2n) is 7.98. The third-order valence-corrected chi connectivity index (χ3v) is 5.56. The molecule has 4 rings (SSSR count). The molecular formula is C28H26N2O5. The molecule has 0 aliphatic heterocycles. The maximum Gasteiger partial charge on any atom is 0.339 e. The highest BCUT2D eigenvalue weighted by molar-refractivity contribution is 6.05. The van der Waals surface area contributed by atoms with E-state index in [-0.39, 0.29) is 12.5 Å². The highest BCUT2D eigenvalue weighted by atomic mass is 16.5. The van der Waals surface area contributed by atoms with Gasteiger partial charge in [-0.2, -0.15) is 0 Å². The molecule has 7 heteroatoms. The normalized spacial score (nSPS) is 10.6. The lowest BCUT2D eigenvalue weighted by Gasteiger charge is -2.12. The van der Waals surface area contributed by atoms with Crippen molar-refractivity contribution < 1.29 is 23.8 Å². The molecule has 0 radical (unpaired) electrons. The summed E-state index contributed by atoms with van der Waals surface area (Å²) in [5, 5.41) is 3.41. The van der Waals surface area contributed by atoms with Crippen LogP contribution in [0.5, 0.6) is 11.5 Å². The molecule has 0 unspecified atom stereocenters. The Hall–Kier alpha value is -4.39. The second kappa shape index (κ2) is 10.7. The fourth-order valence-electron chi connectivity index (χ4n) is 3.65. The Morgan fingerprint density at radius 1 is 0.886 bits per heavy atom. The maximum atomic E-state index is 13.0. The molecule has 0 saturated heterocycles. The van der Waals surface area contributed by atoms with Gasteiger partial charge in [0.05, 0.1) is 31.0 Å². The van der Waals surface area contributed by atoms with Crippen molar-refractivity contribution in [1.82, 2.24) is 10.3 Å². The number of hydrogen-bond acceptors (Lipinski definition) is 6. The van der Waals surface area contributed by atoms with E-state index in [1.165, 1.54) is 0 Å². The number of nitrogens with one attached hydrogen (secondary N) is 1. The van der Waals surface area contributed by atoms with Crippen molar-refractivity contribution in [2.24, 2.45) is 0 Å². The highest BCUT2D eigenvalue weighted by Crippen LogP contribution is 2.33. The van der Waals surface area contributed by atoms with E-state index in [0.717, 1.165) is 16.7 Å². The topological polar surface area (TPSA) is 86.8 Å². The minimum Gasteiger partial charge on any atom is -0.493 e. The van der Waals surface area contributed by atoms with Gasteiger partial charge in [0.15, 0.2) is 18.1 Å². The largest absolute Gasteiger partial charge is 0.493 e. The van der Waals surface area contributed by atoms with Crippen molar-refractivity contribution in [2.75, 3.05) is 20.8 Å². The van der Waals surface area contributed by atoms with Crippen molar-refractivity contribution >= 4 is 22.8 Å². The number of methoxy groups -OCH3 is 2. The first-order valence-electron chi connectivity index (χ1n) is 11.1. The molecule has 0 fully saturated rings. The molecule has 0 spiro atoms. The molecule has 7 nitrogen and oxygen atoms in total. The Labute approximate surface area is 203 Å². The van der Waals surface area contributed by atoms with Gasteiger partial charge in [0.1, 0.15) is 0 Å². The van der Waals surface area contributed by atoms with E-state index in [9.17, 15) is 9.59 Å². The predicted molar refractivity (Wildman–Crippen MR) is 134 cm³/mol. The summed E-state index contributed by atoms with van der Waals surface area (Å²) in [5.41, 5.74) is 4.39. The molecule has 4 aromatic rings. The number of pyridine rings is 1. The minimum absolute atomic E-state index is 0.326. The number of benzene rings is 3. The molecule has 178 valence electrons. The van der Waals surface area contributed by atoms with Crippen molar-refractivity contribution in [1.29, 1.82) is 0 Å². The lowest BCUT2D eigenvalue weighted by molar-refractivity contribution is -0.124.